The van der Waals surface area contributed by atoms with Crippen molar-refractivity contribution in [3.63, 3.8) is 0 Å². The molecule has 1 aliphatic carbocycles. The maximum Gasteiger partial charge on any atom is 0.212 e. The molecule has 1 saturated heterocycles. The summed E-state index contributed by atoms with van der Waals surface area (Å²) in [6.07, 6.45) is 4.42. The Hall–Kier alpha value is -0.170. The van der Waals surface area contributed by atoms with Crippen molar-refractivity contribution in [3.8, 4) is 0 Å². The molecule has 1 heterocycles. The number of sulfonamides is 1. The van der Waals surface area contributed by atoms with Gasteiger partial charge in [-0.1, -0.05) is 12.8 Å². The molecule has 0 amide bonds. The Morgan fingerprint density at radius 2 is 1.94 bits per heavy atom. The molecule has 0 aromatic rings. The molecule has 2 aliphatic rings. The molecule has 1 N–H and O–H groups in total. The van der Waals surface area contributed by atoms with Crippen LogP contribution in [0.4, 0.5) is 0 Å². The van der Waals surface area contributed by atoms with Gasteiger partial charge in [-0.15, -0.1) is 0 Å². The van der Waals surface area contributed by atoms with Gasteiger partial charge in [-0.3, -0.25) is 0 Å². The van der Waals surface area contributed by atoms with Gasteiger partial charge in [-0.25, -0.2) is 13.1 Å². The number of likely N-dealkylation sites (tertiary alicyclic amines) is 1. The Morgan fingerprint density at radius 1 is 1.28 bits per heavy atom. The Kier molecular flexibility index (Phi) is 4.64. The summed E-state index contributed by atoms with van der Waals surface area (Å²) in [5, 5.41) is 0. The molecule has 0 radical (unpaired) electrons. The van der Waals surface area contributed by atoms with Crippen LogP contribution in [0.15, 0.2) is 0 Å². The molecule has 5 nitrogen and oxygen atoms in total. The highest BCUT2D eigenvalue weighted by molar-refractivity contribution is 7.89. The fourth-order valence-electron chi connectivity index (χ4n) is 3.08. The lowest BCUT2D eigenvalue weighted by molar-refractivity contribution is 0.0969. The van der Waals surface area contributed by atoms with E-state index >= 15 is 0 Å². The lowest BCUT2D eigenvalue weighted by Gasteiger charge is -2.19. The third-order valence-electron chi connectivity index (χ3n) is 4.01. The number of methoxy groups -OCH3 is 1. The molecule has 18 heavy (non-hydrogen) atoms. The second-order valence-corrected chi connectivity index (χ2v) is 7.45. The zero-order valence-electron chi connectivity index (χ0n) is 11.3. The van der Waals surface area contributed by atoms with Crippen LogP contribution < -0.4 is 4.72 Å². The van der Waals surface area contributed by atoms with Gasteiger partial charge in [0.25, 0.3) is 0 Å². The molecule has 0 bridgehead atoms. The van der Waals surface area contributed by atoms with Crippen LogP contribution in [-0.2, 0) is 14.8 Å². The van der Waals surface area contributed by atoms with Crippen LogP contribution in [0, 0.1) is 5.92 Å². The van der Waals surface area contributed by atoms with Crippen molar-refractivity contribution in [2.24, 2.45) is 5.92 Å². The van der Waals surface area contributed by atoms with Gasteiger partial charge >= 0.3 is 0 Å². The minimum atomic E-state index is -3.17. The van der Waals surface area contributed by atoms with Crippen molar-refractivity contribution in [2.45, 2.75) is 37.8 Å². The van der Waals surface area contributed by atoms with Crippen molar-refractivity contribution in [2.75, 3.05) is 33.0 Å². The van der Waals surface area contributed by atoms with Crippen LogP contribution in [0.25, 0.3) is 0 Å². The number of hydrogen-bond donors (Lipinski definition) is 1. The van der Waals surface area contributed by atoms with Crippen LogP contribution in [0.3, 0.4) is 0 Å². The quantitative estimate of drug-likeness (QED) is 0.791. The van der Waals surface area contributed by atoms with Crippen molar-refractivity contribution < 1.29 is 13.2 Å². The SMILES string of the molecule is CO[C@H]1CN(C)C[C@@H]1NS(=O)(=O)CC1CCCC1. The third kappa shape index (κ3) is 3.66. The smallest absolute Gasteiger partial charge is 0.212 e. The number of ether oxygens (including phenoxy) is 1. The van der Waals surface area contributed by atoms with E-state index in [-0.39, 0.29) is 17.9 Å². The zero-order valence-corrected chi connectivity index (χ0v) is 12.1. The molecule has 1 saturated carbocycles. The summed E-state index contributed by atoms with van der Waals surface area (Å²) in [7, 11) is 0.453. The first-order valence-electron chi connectivity index (χ1n) is 6.71. The first kappa shape index (κ1) is 14.2. The Labute approximate surface area is 110 Å². The Morgan fingerprint density at radius 3 is 2.56 bits per heavy atom. The second kappa shape index (κ2) is 5.86. The molecule has 106 valence electrons. The van der Waals surface area contributed by atoms with Gasteiger partial charge in [-0.05, 0) is 25.8 Å². The van der Waals surface area contributed by atoms with Gasteiger partial charge in [-0.2, -0.15) is 0 Å². The molecule has 2 atom stereocenters. The van der Waals surface area contributed by atoms with Crippen molar-refractivity contribution in [1.29, 1.82) is 0 Å². The lowest BCUT2D eigenvalue weighted by Crippen LogP contribution is -2.45. The number of nitrogens with zero attached hydrogens (tertiary/aromatic N) is 1. The largest absolute Gasteiger partial charge is 0.378 e. The molecule has 0 spiro atoms. The molecule has 6 heteroatoms. The summed E-state index contributed by atoms with van der Waals surface area (Å²) in [6.45, 7) is 1.51. The van der Waals surface area contributed by atoms with Gasteiger partial charge in [0.1, 0.15) is 0 Å². The monoisotopic (exact) mass is 276 g/mol. The van der Waals surface area contributed by atoms with Crippen molar-refractivity contribution in [3.05, 3.63) is 0 Å². The lowest BCUT2D eigenvalue weighted by atomic mass is 10.1. The molecule has 0 aromatic carbocycles. The average Bonchev–Trinajstić information content (AvgIpc) is 2.87. The fourth-order valence-corrected chi connectivity index (χ4v) is 4.82. The Balaban J connectivity index is 1.90. The molecular weight excluding hydrogens is 252 g/mol. The summed E-state index contributed by atoms with van der Waals surface area (Å²) in [4.78, 5) is 2.09. The third-order valence-corrected chi connectivity index (χ3v) is 5.58. The van der Waals surface area contributed by atoms with Crippen LogP contribution in [0.5, 0.6) is 0 Å². The highest BCUT2D eigenvalue weighted by atomic mass is 32.2. The van der Waals surface area contributed by atoms with Crippen LogP contribution in [0.1, 0.15) is 25.7 Å². The van der Waals surface area contributed by atoms with E-state index in [4.69, 9.17) is 4.74 Å². The topological polar surface area (TPSA) is 58.6 Å². The van der Waals surface area contributed by atoms with Crippen LogP contribution in [0.2, 0.25) is 0 Å². The molecule has 2 rings (SSSR count). The summed E-state index contributed by atoms with van der Waals surface area (Å²) >= 11 is 0. The molecule has 1 aliphatic heterocycles. The van der Waals surface area contributed by atoms with Gasteiger partial charge in [0.05, 0.1) is 17.9 Å². The van der Waals surface area contributed by atoms with Crippen LogP contribution in [-0.4, -0.2) is 58.5 Å². The van der Waals surface area contributed by atoms with E-state index in [1.807, 2.05) is 7.05 Å². The number of hydrogen-bond acceptors (Lipinski definition) is 4. The summed E-state index contributed by atoms with van der Waals surface area (Å²) in [6, 6.07) is -0.105. The van der Waals surface area contributed by atoms with Gasteiger partial charge in [0, 0.05) is 20.2 Å². The highest BCUT2D eigenvalue weighted by Crippen LogP contribution is 2.26. The second-order valence-electron chi connectivity index (χ2n) is 5.65. The molecule has 0 aromatic heterocycles. The van der Waals surface area contributed by atoms with Gasteiger partial charge in [0.2, 0.25) is 10.0 Å². The maximum atomic E-state index is 12.1. The fraction of sp³-hybridized carbons (Fsp3) is 1.00. The zero-order chi connectivity index (χ0) is 13.2. The summed E-state index contributed by atoms with van der Waals surface area (Å²) in [5.41, 5.74) is 0. The average molecular weight is 276 g/mol. The highest BCUT2D eigenvalue weighted by Gasteiger charge is 2.34. The van der Waals surface area contributed by atoms with E-state index in [0.29, 0.717) is 5.92 Å². The molecule has 2 fully saturated rings. The predicted molar refractivity (Wildman–Crippen MR) is 71.0 cm³/mol. The van der Waals surface area contributed by atoms with E-state index in [1.165, 1.54) is 12.8 Å². The minimum absolute atomic E-state index is 0.0339. The van der Waals surface area contributed by atoms with Crippen LogP contribution >= 0.6 is 0 Å². The standard InChI is InChI=1S/C12H24N2O3S/c1-14-7-11(12(8-14)17-2)13-18(15,16)9-10-5-3-4-6-10/h10-13H,3-9H2,1-2H3/t11-,12-/m0/s1. The first-order valence-corrected chi connectivity index (χ1v) is 8.37. The van der Waals surface area contributed by atoms with Crippen molar-refractivity contribution in [1.82, 2.24) is 9.62 Å². The van der Waals surface area contributed by atoms with Crippen molar-refractivity contribution >= 4 is 10.0 Å². The number of likely N-dealkylation sites (N-methyl/N-ethyl adjacent to an activating group) is 1. The van der Waals surface area contributed by atoms with E-state index in [0.717, 1.165) is 25.9 Å². The predicted octanol–water partition coefficient (Wildman–Crippen LogP) is 0.425. The minimum Gasteiger partial charge on any atom is -0.378 e. The van der Waals surface area contributed by atoms with Gasteiger partial charge in [0.15, 0.2) is 0 Å². The molecule has 0 unspecified atom stereocenters. The number of nitrogens with one attached hydrogen (secondary N) is 1. The summed E-state index contributed by atoms with van der Waals surface area (Å²) in [5.74, 6) is 0.631. The first-order chi connectivity index (χ1) is 8.50. The normalized spacial score (nSPS) is 31.2. The summed E-state index contributed by atoms with van der Waals surface area (Å²) < 4.78 is 32.4. The van der Waals surface area contributed by atoms with E-state index in [9.17, 15) is 8.42 Å². The van der Waals surface area contributed by atoms with E-state index in [1.54, 1.807) is 7.11 Å². The van der Waals surface area contributed by atoms with E-state index < -0.39 is 10.0 Å². The maximum absolute atomic E-state index is 12.1. The number of rotatable bonds is 5. The Bertz CT molecular complexity index is 366. The molecular formula is C12H24N2O3S. The van der Waals surface area contributed by atoms with Gasteiger partial charge < -0.3 is 9.64 Å². The van der Waals surface area contributed by atoms with E-state index in [2.05, 4.69) is 9.62 Å².